The van der Waals surface area contributed by atoms with Gasteiger partial charge in [0.1, 0.15) is 5.78 Å². The van der Waals surface area contributed by atoms with Gasteiger partial charge in [-0.3, -0.25) is 9.69 Å². The van der Waals surface area contributed by atoms with Crippen LogP contribution in [0, 0.1) is 0 Å². The van der Waals surface area contributed by atoms with Gasteiger partial charge < -0.3 is 0 Å². The molecule has 0 aromatic heterocycles. The minimum atomic E-state index is 0.264. The van der Waals surface area contributed by atoms with Gasteiger partial charge in [-0.1, -0.05) is 51.4 Å². The molecule has 0 spiro atoms. The molecule has 2 nitrogen and oxygen atoms in total. The summed E-state index contributed by atoms with van der Waals surface area (Å²) in [7, 11) is 0. The van der Waals surface area contributed by atoms with Crippen LogP contribution in [-0.2, 0) is 4.79 Å². The molecule has 2 aliphatic rings. The number of nitrogens with zero attached hydrogens (tertiary/aromatic N) is 1. The summed E-state index contributed by atoms with van der Waals surface area (Å²) in [6, 6.07) is 0.264. The number of Topliss-reactive ketones (excluding diaryl/α,β-unsaturated/α-hetero) is 1. The Balaban J connectivity index is 1.88. The van der Waals surface area contributed by atoms with Crippen LogP contribution in [0.4, 0.5) is 0 Å². The number of hydrogen-bond acceptors (Lipinski definition) is 2. The predicted octanol–water partition coefficient (Wildman–Crippen LogP) is 4.32. The Morgan fingerprint density at radius 1 is 0.684 bits per heavy atom. The van der Waals surface area contributed by atoms with E-state index < -0.39 is 0 Å². The fraction of sp³-hybridized carbons (Fsp3) is 0.941. The van der Waals surface area contributed by atoms with Crippen LogP contribution in [0.2, 0.25) is 0 Å². The third-order valence-corrected chi connectivity index (χ3v) is 4.85. The third-order valence-electron chi connectivity index (χ3n) is 4.85. The van der Waals surface area contributed by atoms with Crippen molar-refractivity contribution in [3.63, 3.8) is 0 Å². The van der Waals surface area contributed by atoms with Crippen molar-refractivity contribution in [2.75, 3.05) is 13.1 Å². The molecule has 1 saturated carbocycles. The summed E-state index contributed by atoms with van der Waals surface area (Å²) in [5.41, 5.74) is 0. The normalized spacial score (nSPS) is 29.5. The molecule has 0 bridgehead atoms. The molecule has 0 radical (unpaired) electrons. The van der Waals surface area contributed by atoms with E-state index in [0.29, 0.717) is 5.78 Å². The van der Waals surface area contributed by atoms with Crippen LogP contribution >= 0.6 is 0 Å². The zero-order chi connectivity index (χ0) is 13.3. The highest BCUT2D eigenvalue weighted by molar-refractivity contribution is 5.83. The summed E-state index contributed by atoms with van der Waals surface area (Å²) in [6.07, 6.45) is 16.4. The van der Waals surface area contributed by atoms with Gasteiger partial charge in [-0.05, 0) is 38.8 Å². The first-order valence-electron chi connectivity index (χ1n) is 8.65. The van der Waals surface area contributed by atoms with E-state index >= 15 is 0 Å². The van der Waals surface area contributed by atoms with Gasteiger partial charge in [0.25, 0.3) is 0 Å². The molecular weight excluding hydrogens is 234 g/mol. The molecule has 2 heteroatoms. The average molecular weight is 265 g/mol. The van der Waals surface area contributed by atoms with Gasteiger partial charge in [0.05, 0.1) is 6.04 Å². The minimum absolute atomic E-state index is 0.264. The van der Waals surface area contributed by atoms with E-state index in [9.17, 15) is 4.79 Å². The van der Waals surface area contributed by atoms with Crippen LogP contribution < -0.4 is 0 Å². The van der Waals surface area contributed by atoms with Crippen LogP contribution in [-0.4, -0.2) is 29.8 Å². The van der Waals surface area contributed by atoms with E-state index in [0.717, 1.165) is 32.4 Å². The molecule has 110 valence electrons. The molecule has 19 heavy (non-hydrogen) atoms. The molecule has 2 rings (SSSR count). The summed E-state index contributed by atoms with van der Waals surface area (Å²) >= 11 is 0. The van der Waals surface area contributed by atoms with Crippen LogP contribution in [0.5, 0.6) is 0 Å². The molecule has 1 aliphatic heterocycles. The first-order chi connectivity index (χ1) is 9.38. The first-order valence-corrected chi connectivity index (χ1v) is 8.65. The second-order valence-electron chi connectivity index (χ2n) is 6.45. The molecule has 0 aromatic carbocycles. The lowest BCUT2D eigenvalue weighted by atomic mass is 9.94. The lowest BCUT2D eigenvalue weighted by Crippen LogP contribution is -2.44. The number of likely N-dealkylation sites (tertiary alicyclic amines) is 1. The van der Waals surface area contributed by atoms with Gasteiger partial charge in [-0.2, -0.15) is 0 Å². The Kier molecular flexibility index (Phi) is 6.91. The van der Waals surface area contributed by atoms with E-state index in [-0.39, 0.29) is 6.04 Å². The molecule has 1 saturated heterocycles. The molecule has 2 fully saturated rings. The van der Waals surface area contributed by atoms with Crippen molar-refractivity contribution in [3.05, 3.63) is 0 Å². The topological polar surface area (TPSA) is 20.3 Å². The van der Waals surface area contributed by atoms with E-state index in [1.54, 1.807) is 0 Å². The maximum atomic E-state index is 12.5. The lowest BCUT2D eigenvalue weighted by Gasteiger charge is -2.34. The fourth-order valence-electron chi connectivity index (χ4n) is 3.64. The van der Waals surface area contributed by atoms with Gasteiger partial charge in [0.2, 0.25) is 0 Å². The Bertz CT molecular complexity index is 258. The summed E-state index contributed by atoms with van der Waals surface area (Å²) in [6.45, 7) is 2.33. The smallest absolute Gasteiger partial charge is 0.149 e. The largest absolute Gasteiger partial charge is 0.298 e. The molecule has 1 aliphatic carbocycles. The predicted molar refractivity (Wildman–Crippen MR) is 80.4 cm³/mol. The summed E-state index contributed by atoms with van der Waals surface area (Å²) in [4.78, 5) is 15.0. The zero-order valence-corrected chi connectivity index (χ0v) is 12.5. The Hall–Kier alpha value is -0.370. The number of carbonyl (C=O) groups excluding carboxylic acids is 1. The number of hydrogen-bond donors (Lipinski definition) is 0. The average Bonchev–Trinajstić information content (AvgIpc) is 2.44. The Morgan fingerprint density at radius 3 is 1.89 bits per heavy atom. The SMILES string of the molecule is O=C1CCCCCCCCCCC1N1CCCCC1. The molecule has 0 N–H and O–H groups in total. The highest BCUT2D eigenvalue weighted by Gasteiger charge is 2.26. The van der Waals surface area contributed by atoms with E-state index in [4.69, 9.17) is 0 Å². The Labute approximate surface area is 118 Å². The van der Waals surface area contributed by atoms with Crippen LogP contribution in [0.25, 0.3) is 0 Å². The van der Waals surface area contributed by atoms with Crippen molar-refractivity contribution in [1.82, 2.24) is 4.90 Å². The lowest BCUT2D eigenvalue weighted by molar-refractivity contribution is -0.125. The minimum Gasteiger partial charge on any atom is -0.298 e. The van der Waals surface area contributed by atoms with Crippen molar-refractivity contribution in [2.45, 2.75) is 89.5 Å². The van der Waals surface area contributed by atoms with E-state index in [2.05, 4.69) is 4.90 Å². The monoisotopic (exact) mass is 265 g/mol. The summed E-state index contributed by atoms with van der Waals surface area (Å²) in [5.74, 6) is 0.544. The van der Waals surface area contributed by atoms with Gasteiger partial charge in [0, 0.05) is 6.42 Å². The van der Waals surface area contributed by atoms with E-state index in [1.165, 1.54) is 64.2 Å². The van der Waals surface area contributed by atoms with Crippen molar-refractivity contribution >= 4 is 5.78 Å². The fourth-order valence-corrected chi connectivity index (χ4v) is 3.64. The quantitative estimate of drug-likeness (QED) is 0.703. The number of carbonyl (C=O) groups is 1. The van der Waals surface area contributed by atoms with E-state index in [1.807, 2.05) is 0 Å². The van der Waals surface area contributed by atoms with Crippen molar-refractivity contribution in [3.8, 4) is 0 Å². The van der Waals surface area contributed by atoms with Gasteiger partial charge >= 0.3 is 0 Å². The maximum absolute atomic E-state index is 12.5. The number of piperidine rings is 1. The number of ketones is 1. The van der Waals surface area contributed by atoms with Crippen LogP contribution in [0.1, 0.15) is 83.5 Å². The first kappa shape index (κ1) is 15.0. The van der Waals surface area contributed by atoms with Crippen LogP contribution in [0.3, 0.4) is 0 Å². The second kappa shape index (κ2) is 8.73. The molecular formula is C17H31NO. The third kappa shape index (κ3) is 5.25. The summed E-state index contributed by atoms with van der Waals surface area (Å²) in [5, 5.41) is 0. The standard InChI is InChI=1S/C17H31NO/c19-17-13-9-6-4-2-1-3-5-8-12-16(17)18-14-10-7-11-15-18/h16H,1-15H2. The second-order valence-corrected chi connectivity index (χ2v) is 6.45. The highest BCUT2D eigenvalue weighted by Crippen LogP contribution is 2.21. The highest BCUT2D eigenvalue weighted by atomic mass is 16.1. The summed E-state index contributed by atoms with van der Waals surface area (Å²) < 4.78 is 0. The molecule has 0 aromatic rings. The molecule has 1 heterocycles. The molecule has 0 amide bonds. The Morgan fingerprint density at radius 2 is 1.21 bits per heavy atom. The zero-order valence-electron chi connectivity index (χ0n) is 12.5. The van der Waals surface area contributed by atoms with Crippen molar-refractivity contribution in [2.24, 2.45) is 0 Å². The van der Waals surface area contributed by atoms with Crippen molar-refractivity contribution < 1.29 is 4.79 Å². The van der Waals surface area contributed by atoms with Crippen LogP contribution in [0.15, 0.2) is 0 Å². The molecule has 1 atom stereocenters. The van der Waals surface area contributed by atoms with Gasteiger partial charge in [0.15, 0.2) is 0 Å². The molecule has 1 unspecified atom stereocenters. The van der Waals surface area contributed by atoms with Gasteiger partial charge in [-0.25, -0.2) is 0 Å². The van der Waals surface area contributed by atoms with Crippen molar-refractivity contribution in [1.29, 1.82) is 0 Å². The maximum Gasteiger partial charge on any atom is 0.149 e. The van der Waals surface area contributed by atoms with Gasteiger partial charge in [-0.15, -0.1) is 0 Å². The number of rotatable bonds is 1.